The van der Waals surface area contributed by atoms with Gasteiger partial charge < -0.3 is 10.1 Å². The normalized spacial score (nSPS) is 12.0. The maximum Gasteiger partial charge on any atom is 0.0467 e. The zero-order chi connectivity index (χ0) is 12.7. The van der Waals surface area contributed by atoms with Gasteiger partial charge in [-0.15, -0.1) is 11.3 Å². The molecule has 0 aliphatic heterocycles. The molecule has 0 unspecified atom stereocenters. The molecule has 0 saturated carbocycles. The quantitative estimate of drug-likeness (QED) is 0.768. The molecule has 0 bridgehead atoms. The fourth-order valence-electron chi connectivity index (χ4n) is 1.70. The Labute approximate surface area is 109 Å². The third kappa shape index (κ3) is 5.66. The molecule has 1 aromatic heterocycles. The van der Waals surface area contributed by atoms with E-state index in [1.54, 1.807) is 7.11 Å². The first kappa shape index (κ1) is 14.7. The summed E-state index contributed by atoms with van der Waals surface area (Å²) in [4.78, 5) is 2.91. The van der Waals surface area contributed by atoms with Crippen molar-refractivity contribution >= 4 is 11.3 Å². The van der Waals surface area contributed by atoms with Crippen molar-refractivity contribution < 1.29 is 4.74 Å². The van der Waals surface area contributed by atoms with E-state index in [0.29, 0.717) is 5.41 Å². The number of nitrogens with one attached hydrogen (secondary N) is 1. The van der Waals surface area contributed by atoms with Gasteiger partial charge in [0.15, 0.2) is 0 Å². The van der Waals surface area contributed by atoms with Crippen molar-refractivity contribution in [2.75, 3.05) is 20.3 Å². The standard InChI is InChI=1S/C14H25NOS/c1-5-12-6-7-13(17-12)10-15-11-14(2,3)8-9-16-4/h6-7,15H,5,8-11H2,1-4H3. The molecule has 0 aliphatic carbocycles. The van der Waals surface area contributed by atoms with E-state index in [0.717, 1.165) is 32.5 Å². The first-order valence-electron chi connectivity index (χ1n) is 6.34. The molecule has 0 spiro atoms. The summed E-state index contributed by atoms with van der Waals surface area (Å²) in [6, 6.07) is 4.47. The summed E-state index contributed by atoms with van der Waals surface area (Å²) in [5.41, 5.74) is 0.306. The van der Waals surface area contributed by atoms with E-state index in [-0.39, 0.29) is 0 Å². The summed E-state index contributed by atoms with van der Waals surface area (Å²) < 4.78 is 5.13. The fraction of sp³-hybridized carbons (Fsp3) is 0.714. The molecule has 1 N–H and O–H groups in total. The predicted molar refractivity (Wildman–Crippen MR) is 75.7 cm³/mol. The summed E-state index contributed by atoms with van der Waals surface area (Å²) in [7, 11) is 1.77. The minimum absolute atomic E-state index is 0.306. The number of rotatable bonds is 8. The molecule has 0 saturated heterocycles. The van der Waals surface area contributed by atoms with Crippen molar-refractivity contribution in [3.8, 4) is 0 Å². The van der Waals surface area contributed by atoms with Crippen LogP contribution in [0.25, 0.3) is 0 Å². The smallest absolute Gasteiger partial charge is 0.0467 e. The van der Waals surface area contributed by atoms with Gasteiger partial charge in [-0.25, -0.2) is 0 Å². The van der Waals surface area contributed by atoms with Gasteiger partial charge in [-0.3, -0.25) is 0 Å². The van der Waals surface area contributed by atoms with Crippen LogP contribution < -0.4 is 5.32 Å². The first-order chi connectivity index (χ1) is 8.07. The van der Waals surface area contributed by atoms with Crippen LogP contribution in [0.4, 0.5) is 0 Å². The molecule has 1 rings (SSSR count). The Bertz CT molecular complexity index is 320. The van der Waals surface area contributed by atoms with Gasteiger partial charge in [-0.2, -0.15) is 0 Å². The van der Waals surface area contributed by atoms with Crippen LogP contribution in [0.3, 0.4) is 0 Å². The topological polar surface area (TPSA) is 21.3 Å². The van der Waals surface area contributed by atoms with E-state index in [2.05, 4.69) is 38.2 Å². The van der Waals surface area contributed by atoms with Gasteiger partial charge in [0.2, 0.25) is 0 Å². The second-order valence-corrected chi connectivity index (χ2v) is 6.49. The van der Waals surface area contributed by atoms with E-state index < -0.39 is 0 Å². The lowest BCUT2D eigenvalue weighted by Gasteiger charge is -2.24. The molecule has 1 aromatic rings. The Hall–Kier alpha value is -0.380. The Balaban J connectivity index is 2.26. The average molecular weight is 255 g/mol. The van der Waals surface area contributed by atoms with Crippen LogP contribution in [0, 0.1) is 5.41 Å². The van der Waals surface area contributed by atoms with Crippen molar-refractivity contribution in [3.63, 3.8) is 0 Å². The van der Waals surface area contributed by atoms with Crippen molar-refractivity contribution in [1.29, 1.82) is 0 Å². The van der Waals surface area contributed by atoms with Gasteiger partial charge in [0.1, 0.15) is 0 Å². The van der Waals surface area contributed by atoms with Crippen molar-refractivity contribution in [3.05, 3.63) is 21.9 Å². The minimum atomic E-state index is 0.306. The molecule has 1 heterocycles. The van der Waals surface area contributed by atoms with Crippen LogP contribution in [0.2, 0.25) is 0 Å². The van der Waals surface area contributed by atoms with Crippen LogP contribution in [0.15, 0.2) is 12.1 Å². The number of methoxy groups -OCH3 is 1. The molecule has 3 heteroatoms. The van der Waals surface area contributed by atoms with Gasteiger partial charge in [0.25, 0.3) is 0 Å². The van der Waals surface area contributed by atoms with Crippen molar-refractivity contribution in [2.24, 2.45) is 5.41 Å². The van der Waals surface area contributed by atoms with E-state index in [1.807, 2.05) is 11.3 Å². The summed E-state index contributed by atoms with van der Waals surface area (Å²) in [6.07, 6.45) is 2.24. The molecule has 2 nitrogen and oxygen atoms in total. The van der Waals surface area contributed by atoms with Gasteiger partial charge >= 0.3 is 0 Å². The van der Waals surface area contributed by atoms with Crippen molar-refractivity contribution in [1.82, 2.24) is 5.32 Å². The third-order valence-electron chi connectivity index (χ3n) is 2.95. The molecule has 0 atom stereocenters. The SMILES string of the molecule is CCc1ccc(CNCC(C)(C)CCOC)s1. The average Bonchev–Trinajstić information content (AvgIpc) is 2.74. The number of hydrogen-bond donors (Lipinski definition) is 1. The zero-order valence-corrected chi connectivity index (χ0v) is 12.3. The summed E-state index contributed by atoms with van der Waals surface area (Å²) in [6.45, 7) is 9.64. The monoisotopic (exact) mass is 255 g/mol. The lowest BCUT2D eigenvalue weighted by Crippen LogP contribution is -2.29. The van der Waals surface area contributed by atoms with Crippen LogP contribution in [0.5, 0.6) is 0 Å². The molecule has 0 aliphatic rings. The molecule has 0 amide bonds. The molecule has 0 aromatic carbocycles. The maximum atomic E-state index is 5.13. The Morgan fingerprint density at radius 3 is 2.59 bits per heavy atom. The Kier molecular flexibility index (Phi) is 6.17. The number of aryl methyl sites for hydroxylation is 1. The molecule has 17 heavy (non-hydrogen) atoms. The highest BCUT2D eigenvalue weighted by molar-refractivity contribution is 7.11. The number of thiophene rings is 1. The molecule has 98 valence electrons. The van der Waals surface area contributed by atoms with Gasteiger partial charge in [0.05, 0.1) is 0 Å². The van der Waals surface area contributed by atoms with E-state index in [1.165, 1.54) is 9.75 Å². The van der Waals surface area contributed by atoms with Gasteiger partial charge in [0, 0.05) is 36.6 Å². The predicted octanol–water partition coefficient (Wildman–Crippen LogP) is 3.46. The third-order valence-corrected chi connectivity index (χ3v) is 4.18. The van der Waals surface area contributed by atoms with E-state index in [4.69, 9.17) is 4.74 Å². The maximum absolute atomic E-state index is 5.13. The first-order valence-corrected chi connectivity index (χ1v) is 7.16. The lowest BCUT2D eigenvalue weighted by atomic mass is 9.90. The highest BCUT2D eigenvalue weighted by Crippen LogP contribution is 2.20. The van der Waals surface area contributed by atoms with Gasteiger partial charge in [-0.1, -0.05) is 20.8 Å². The molecular formula is C14H25NOS. The highest BCUT2D eigenvalue weighted by atomic mass is 32.1. The lowest BCUT2D eigenvalue weighted by molar-refractivity contribution is 0.150. The molecule has 0 radical (unpaired) electrons. The van der Waals surface area contributed by atoms with Gasteiger partial charge in [-0.05, 0) is 30.4 Å². The minimum Gasteiger partial charge on any atom is -0.385 e. The zero-order valence-electron chi connectivity index (χ0n) is 11.5. The Morgan fingerprint density at radius 2 is 2.00 bits per heavy atom. The second-order valence-electron chi connectivity index (χ2n) is 5.23. The Morgan fingerprint density at radius 1 is 1.29 bits per heavy atom. The van der Waals surface area contributed by atoms with E-state index >= 15 is 0 Å². The van der Waals surface area contributed by atoms with E-state index in [9.17, 15) is 0 Å². The summed E-state index contributed by atoms with van der Waals surface area (Å²) in [5.74, 6) is 0. The number of ether oxygens (including phenoxy) is 1. The highest BCUT2D eigenvalue weighted by Gasteiger charge is 2.16. The van der Waals surface area contributed by atoms with Crippen LogP contribution >= 0.6 is 11.3 Å². The molecular weight excluding hydrogens is 230 g/mol. The molecule has 0 fully saturated rings. The number of hydrogen-bond acceptors (Lipinski definition) is 3. The summed E-state index contributed by atoms with van der Waals surface area (Å²) in [5, 5.41) is 3.54. The largest absolute Gasteiger partial charge is 0.385 e. The van der Waals surface area contributed by atoms with Crippen molar-refractivity contribution in [2.45, 2.75) is 40.2 Å². The second kappa shape index (κ2) is 7.14. The van der Waals surface area contributed by atoms with Crippen LogP contribution in [-0.4, -0.2) is 20.3 Å². The van der Waals surface area contributed by atoms with Crippen LogP contribution in [-0.2, 0) is 17.7 Å². The fourth-order valence-corrected chi connectivity index (χ4v) is 2.63. The van der Waals surface area contributed by atoms with Crippen LogP contribution in [0.1, 0.15) is 36.9 Å². The summed E-state index contributed by atoms with van der Waals surface area (Å²) >= 11 is 1.91.